The van der Waals surface area contributed by atoms with Crippen molar-refractivity contribution in [1.29, 1.82) is 0 Å². The van der Waals surface area contributed by atoms with E-state index in [1.165, 1.54) is 5.56 Å². The number of H-pyrrole nitrogens is 1. The molecule has 90 valence electrons. The largest absolute Gasteiger partial charge is 0.508 e. The van der Waals surface area contributed by atoms with Gasteiger partial charge in [0.1, 0.15) is 11.6 Å². The zero-order chi connectivity index (χ0) is 12.7. The minimum absolute atomic E-state index is 0.295. The van der Waals surface area contributed by atoms with Crippen LogP contribution in [-0.2, 0) is 0 Å². The van der Waals surface area contributed by atoms with Crippen LogP contribution >= 0.6 is 0 Å². The molecule has 0 fully saturated rings. The van der Waals surface area contributed by atoms with Crippen LogP contribution in [0.1, 0.15) is 11.1 Å². The van der Waals surface area contributed by atoms with E-state index in [1.54, 1.807) is 6.07 Å². The fourth-order valence-corrected chi connectivity index (χ4v) is 2.02. The van der Waals surface area contributed by atoms with E-state index in [0.29, 0.717) is 5.75 Å². The minimum Gasteiger partial charge on any atom is -0.508 e. The molecule has 1 aromatic heterocycles. The molecule has 3 nitrogen and oxygen atoms in total. The summed E-state index contributed by atoms with van der Waals surface area (Å²) >= 11 is 0. The van der Waals surface area contributed by atoms with Crippen LogP contribution in [0, 0.1) is 13.8 Å². The molecule has 0 spiro atoms. The van der Waals surface area contributed by atoms with E-state index >= 15 is 0 Å². The molecule has 2 N–H and O–H groups in total. The van der Waals surface area contributed by atoms with Crippen molar-refractivity contribution in [2.75, 3.05) is 0 Å². The number of fused-ring (bicyclic) bond motifs is 1. The van der Waals surface area contributed by atoms with Crippen molar-refractivity contribution in [3.05, 3.63) is 47.5 Å². The van der Waals surface area contributed by atoms with E-state index in [2.05, 4.69) is 23.0 Å². The van der Waals surface area contributed by atoms with Gasteiger partial charge in [-0.2, -0.15) is 0 Å². The lowest BCUT2D eigenvalue weighted by Gasteiger charge is -2.00. The molecule has 0 aliphatic heterocycles. The summed E-state index contributed by atoms with van der Waals surface area (Å²) in [5.41, 5.74) is 4.92. The Hall–Kier alpha value is -2.29. The summed E-state index contributed by atoms with van der Waals surface area (Å²) < 4.78 is 0. The third-order valence-corrected chi connectivity index (χ3v) is 3.12. The lowest BCUT2D eigenvalue weighted by molar-refractivity contribution is 0.471. The van der Waals surface area contributed by atoms with Crippen LogP contribution in [0.25, 0.3) is 22.4 Å². The number of nitrogens with one attached hydrogen (secondary N) is 1. The SMILES string of the molecule is Cc1ccc2nc(-c3ccc(C)c(O)c3)[nH]c2c1. The Balaban J connectivity index is 2.16. The molecule has 0 radical (unpaired) electrons. The van der Waals surface area contributed by atoms with Gasteiger partial charge in [-0.1, -0.05) is 18.2 Å². The van der Waals surface area contributed by atoms with Crippen LogP contribution in [0.15, 0.2) is 36.4 Å². The number of phenols is 1. The molecule has 0 saturated carbocycles. The van der Waals surface area contributed by atoms with Crippen molar-refractivity contribution in [3.63, 3.8) is 0 Å². The number of aromatic amines is 1. The van der Waals surface area contributed by atoms with Gasteiger partial charge in [0.25, 0.3) is 0 Å². The van der Waals surface area contributed by atoms with Crippen molar-refractivity contribution in [1.82, 2.24) is 9.97 Å². The van der Waals surface area contributed by atoms with Crippen LogP contribution in [0.4, 0.5) is 0 Å². The Morgan fingerprint density at radius 3 is 2.67 bits per heavy atom. The molecule has 3 aromatic rings. The summed E-state index contributed by atoms with van der Waals surface area (Å²) in [6, 6.07) is 11.7. The molecule has 2 aromatic carbocycles. The summed E-state index contributed by atoms with van der Waals surface area (Å²) in [6.07, 6.45) is 0. The highest BCUT2D eigenvalue weighted by Gasteiger charge is 2.07. The van der Waals surface area contributed by atoms with Crippen molar-refractivity contribution in [3.8, 4) is 17.1 Å². The number of hydrogen-bond acceptors (Lipinski definition) is 2. The second kappa shape index (κ2) is 3.88. The lowest BCUT2D eigenvalue weighted by Crippen LogP contribution is -1.81. The van der Waals surface area contributed by atoms with Crippen molar-refractivity contribution in [2.45, 2.75) is 13.8 Å². The Bertz CT molecular complexity index is 728. The molecule has 0 amide bonds. The molecular weight excluding hydrogens is 224 g/mol. The normalized spacial score (nSPS) is 11.0. The molecule has 0 saturated heterocycles. The summed E-state index contributed by atoms with van der Waals surface area (Å²) in [5.74, 6) is 1.08. The first kappa shape index (κ1) is 10.8. The summed E-state index contributed by atoms with van der Waals surface area (Å²) in [5, 5.41) is 9.74. The van der Waals surface area contributed by atoms with Crippen LogP contribution in [0.3, 0.4) is 0 Å². The Morgan fingerprint density at radius 1 is 1.06 bits per heavy atom. The van der Waals surface area contributed by atoms with E-state index < -0.39 is 0 Å². The average Bonchev–Trinajstić information content (AvgIpc) is 2.75. The zero-order valence-corrected chi connectivity index (χ0v) is 10.4. The zero-order valence-electron chi connectivity index (χ0n) is 10.4. The van der Waals surface area contributed by atoms with Crippen molar-refractivity contribution in [2.24, 2.45) is 0 Å². The fraction of sp³-hybridized carbons (Fsp3) is 0.133. The van der Waals surface area contributed by atoms with Crippen molar-refractivity contribution >= 4 is 11.0 Å². The third-order valence-electron chi connectivity index (χ3n) is 3.12. The number of aromatic hydroxyl groups is 1. The maximum absolute atomic E-state index is 9.74. The van der Waals surface area contributed by atoms with Gasteiger partial charge in [-0.3, -0.25) is 0 Å². The van der Waals surface area contributed by atoms with Gasteiger partial charge in [-0.05, 0) is 43.2 Å². The number of phenolic OH excluding ortho intramolecular Hbond substituents is 1. The summed E-state index contributed by atoms with van der Waals surface area (Å²) in [4.78, 5) is 7.81. The molecule has 3 heteroatoms. The number of aryl methyl sites for hydroxylation is 2. The van der Waals surface area contributed by atoms with Gasteiger partial charge in [-0.15, -0.1) is 0 Å². The molecule has 0 atom stereocenters. The Kier molecular flexibility index (Phi) is 2.33. The van der Waals surface area contributed by atoms with E-state index in [9.17, 15) is 5.11 Å². The quantitative estimate of drug-likeness (QED) is 0.681. The highest BCUT2D eigenvalue weighted by atomic mass is 16.3. The molecule has 3 rings (SSSR count). The maximum atomic E-state index is 9.74. The second-order valence-electron chi connectivity index (χ2n) is 4.61. The predicted molar refractivity (Wildman–Crippen MR) is 72.7 cm³/mol. The number of imidazole rings is 1. The average molecular weight is 238 g/mol. The van der Waals surface area contributed by atoms with Crippen molar-refractivity contribution < 1.29 is 5.11 Å². The molecule has 0 unspecified atom stereocenters. The molecule has 18 heavy (non-hydrogen) atoms. The minimum atomic E-state index is 0.295. The summed E-state index contributed by atoms with van der Waals surface area (Å²) in [7, 11) is 0. The monoisotopic (exact) mass is 238 g/mol. The predicted octanol–water partition coefficient (Wildman–Crippen LogP) is 3.55. The van der Waals surface area contributed by atoms with Crippen LogP contribution in [-0.4, -0.2) is 15.1 Å². The maximum Gasteiger partial charge on any atom is 0.138 e. The Morgan fingerprint density at radius 2 is 1.89 bits per heavy atom. The first-order chi connectivity index (χ1) is 8.63. The van der Waals surface area contributed by atoms with E-state index in [0.717, 1.165) is 28.0 Å². The highest BCUT2D eigenvalue weighted by molar-refractivity contribution is 5.80. The first-order valence-corrected chi connectivity index (χ1v) is 5.90. The second-order valence-corrected chi connectivity index (χ2v) is 4.61. The van der Waals surface area contributed by atoms with Crippen LogP contribution in [0.5, 0.6) is 5.75 Å². The van der Waals surface area contributed by atoms with Crippen LogP contribution < -0.4 is 0 Å². The smallest absolute Gasteiger partial charge is 0.138 e. The summed E-state index contributed by atoms with van der Waals surface area (Å²) in [6.45, 7) is 3.93. The van der Waals surface area contributed by atoms with Gasteiger partial charge in [0.2, 0.25) is 0 Å². The molecular formula is C15H14N2O. The number of rotatable bonds is 1. The van der Waals surface area contributed by atoms with Gasteiger partial charge in [0.05, 0.1) is 11.0 Å². The fourth-order valence-electron chi connectivity index (χ4n) is 2.02. The Labute approximate surface area is 105 Å². The molecule has 0 bridgehead atoms. The first-order valence-electron chi connectivity index (χ1n) is 5.90. The van der Waals surface area contributed by atoms with Crippen LogP contribution in [0.2, 0.25) is 0 Å². The number of aromatic nitrogens is 2. The molecule has 1 heterocycles. The molecule has 0 aliphatic rings. The van der Waals surface area contributed by atoms with Gasteiger partial charge < -0.3 is 10.1 Å². The standard InChI is InChI=1S/C15H14N2O/c1-9-3-6-12-13(7-9)17-15(16-12)11-5-4-10(2)14(18)8-11/h3-8,18H,1-2H3,(H,16,17). The van der Waals surface area contributed by atoms with E-state index in [1.807, 2.05) is 31.2 Å². The topological polar surface area (TPSA) is 48.9 Å². The molecule has 0 aliphatic carbocycles. The number of benzene rings is 2. The van der Waals surface area contributed by atoms with E-state index in [-0.39, 0.29) is 0 Å². The lowest BCUT2D eigenvalue weighted by atomic mass is 10.1. The van der Waals surface area contributed by atoms with Gasteiger partial charge in [0.15, 0.2) is 0 Å². The van der Waals surface area contributed by atoms with Gasteiger partial charge in [0, 0.05) is 5.56 Å². The van der Waals surface area contributed by atoms with E-state index in [4.69, 9.17) is 0 Å². The number of nitrogens with zero attached hydrogens (tertiary/aromatic N) is 1. The number of hydrogen-bond donors (Lipinski definition) is 2. The third kappa shape index (κ3) is 1.74. The van der Waals surface area contributed by atoms with Gasteiger partial charge in [-0.25, -0.2) is 4.98 Å². The van der Waals surface area contributed by atoms with Gasteiger partial charge >= 0.3 is 0 Å². The highest BCUT2D eigenvalue weighted by Crippen LogP contribution is 2.26.